The van der Waals surface area contributed by atoms with Crippen molar-refractivity contribution in [2.45, 2.75) is 51.6 Å². The van der Waals surface area contributed by atoms with Crippen molar-refractivity contribution in [3.63, 3.8) is 0 Å². The lowest BCUT2D eigenvalue weighted by Crippen LogP contribution is -2.26. The van der Waals surface area contributed by atoms with E-state index in [1.807, 2.05) is 17.5 Å². The van der Waals surface area contributed by atoms with E-state index in [2.05, 4.69) is 6.92 Å². The fourth-order valence-corrected chi connectivity index (χ4v) is 3.25. The Hall–Kier alpha value is -0.670. The van der Waals surface area contributed by atoms with Gasteiger partial charge in [-0.1, -0.05) is 25.8 Å². The van der Waals surface area contributed by atoms with Gasteiger partial charge in [-0.15, -0.1) is 11.3 Å². The molecule has 3 heteroatoms. The Labute approximate surface area is 113 Å². The highest BCUT2D eigenvalue weighted by molar-refractivity contribution is 7.12. The van der Waals surface area contributed by atoms with Gasteiger partial charge in [0.2, 0.25) is 0 Å². The molecule has 1 aromatic rings. The Morgan fingerprint density at radius 2 is 2.28 bits per heavy atom. The van der Waals surface area contributed by atoms with E-state index in [1.54, 1.807) is 0 Å². The molecular formula is C15H22O2S. The number of hydrogen-bond acceptors (Lipinski definition) is 3. The first-order valence-electron chi connectivity index (χ1n) is 6.95. The molecule has 1 aromatic heterocycles. The lowest BCUT2D eigenvalue weighted by Gasteiger charge is -2.28. The van der Waals surface area contributed by atoms with Crippen LogP contribution in [0.1, 0.15) is 55.1 Å². The maximum absolute atomic E-state index is 11.8. The van der Waals surface area contributed by atoms with Gasteiger partial charge < -0.3 is 4.74 Å². The third-order valence-corrected chi connectivity index (χ3v) is 4.62. The van der Waals surface area contributed by atoms with Crippen LogP contribution >= 0.6 is 11.3 Å². The highest BCUT2D eigenvalue weighted by Gasteiger charge is 2.21. The molecule has 2 unspecified atom stereocenters. The van der Waals surface area contributed by atoms with Gasteiger partial charge in [0.1, 0.15) is 0 Å². The summed E-state index contributed by atoms with van der Waals surface area (Å²) in [4.78, 5) is 12.7. The SMILES string of the molecule is CC1CCCCC1OCCCC(=O)c1cccs1. The molecule has 100 valence electrons. The topological polar surface area (TPSA) is 26.3 Å². The molecule has 0 aliphatic heterocycles. The van der Waals surface area contributed by atoms with Crippen molar-refractivity contribution in [3.8, 4) is 0 Å². The van der Waals surface area contributed by atoms with E-state index < -0.39 is 0 Å². The number of Topliss-reactive ketones (excluding diaryl/α,β-unsaturated/α-hetero) is 1. The van der Waals surface area contributed by atoms with Crippen LogP contribution < -0.4 is 0 Å². The molecule has 0 saturated heterocycles. The van der Waals surface area contributed by atoms with Crippen LogP contribution in [-0.4, -0.2) is 18.5 Å². The van der Waals surface area contributed by atoms with Crippen LogP contribution in [0.5, 0.6) is 0 Å². The summed E-state index contributed by atoms with van der Waals surface area (Å²) in [5.41, 5.74) is 0. The van der Waals surface area contributed by atoms with E-state index in [4.69, 9.17) is 4.74 Å². The third kappa shape index (κ3) is 3.92. The molecule has 0 N–H and O–H groups in total. The fraction of sp³-hybridized carbons (Fsp3) is 0.667. The van der Waals surface area contributed by atoms with Gasteiger partial charge >= 0.3 is 0 Å². The van der Waals surface area contributed by atoms with E-state index in [-0.39, 0.29) is 5.78 Å². The summed E-state index contributed by atoms with van der Waals surface area (Å²) >= 11 is 1.53. The Morgan fingerprint density at radius 3 is 3.00 bits per heavy atom. The Morgan fingerprint density at radius 1 is 1.44 bits per heavy atom. The van der Waals surface area contributed by atoms with Crippen LogP contribution in [0.25, 0.3) is 0 Å². The smallest absolute Gasteiger partial charge is 0.172 e. The highest BCUT2D eigenvalue weighted by atomic mass is 32.1. The van der Waals surface area contributed by atoms with E-state index >= 15 is 0 Å². The van der Waals surface area contributed by atoms with Crippen LogP contribution in [0.4, 0.5) is 0 Å². The van der Waals surface area contributed by atoms with E-state index in [0.29, 0.717) is 18.4 Å². The summed E-state index contributed by atoms with van der Waals surface area (Å²) in [7, 11) is 0. The molecule has 0 spiro atoms. The van der Waals surface area contributed by atoms with E-state index in [9.17, 15) is 4.79 Å². The van der Waals surface area contributed by atoms with Gasteiger partial charge in [0, 0.05) is 13.0 Å². The zero-order valence-electron chi connectivity index (χ0n) is 11.1. The number of carbonyl (C=O) groups excluding carboxylic acids is 1. The fourth-order valence-electron chi connectivity index (χ4n) is 2.56. The molecule has 2 atom stereocenters. The second-order valence-corrected chi connectivity index (χ2v) is 6.12. The first-order valence-corrected chi connectivity index (χ1v) is 7.83. The molecule has 0 amide bonds. The standard InChI is InChI=1S/C15H22O2S/c1-12-6-2-3-8-14(12)17-10-4-7-13(16)15-9-5-11-18-15/h5,9,11-12,14H,2-4,6-8,10H2,1H3. The van der Waals surface area contributed by atoms with Crippen LogP contribution in [0.15, 0.2) is 17.5 Å². The van der Waals surface area contributed by atoms with Crippen LogP contribution in [-0.2, 0) is 4.74 Å². The maximum atomic E-state index is 11.8. The van der Waals surface area contributed by atoms with Crippen molar-refractivity contribution in [1.29, 1.82) is 0 Å². The lowest BCUT2D eigenvalue weighted by atomic mass is 9.88. The molecule has 0 aromatic carbocycles. The maximum Gasteiger partial charge on any atom is 0.172 e. The van der Waals surface area contributed by atoms with Crippen molar-refractivity contribution in [3.05, 3.63) is 22.4 Å². The number of rotatable bonds is 6. The Balaban J connectivity index is 1.62. The van der Waals surface area contributed by atoms with Gasteiger partial charge in [-0.3, -0.25) is 4.79 Å². The number of ketones is 1. The summed E-state index contributed by atoms with van der Waals surface area (Å²) in [6, 6.07) is 3.83. The van der Waals surface area contributed by atoms with Crippen molar-refractivity contribution in [2.24, 2.45) is 5.92 Å². The Kier molecular flexibility index (Phi) is 5.39. The third-order valence-electron chi connectivity index (χ3n) is 3.71. The molecule has 1 fully saturated rings. The number of ether oxygens (including phenoxy) is 1. The van der Waals surface area contributed by atoms with Gasteiger partial charge in [-0.05, 0) is 36.6 Å². The zero-order valence-corrected chi connectivity index (χ0v) is 11.9. The van der Waals surface area contributed by atoms with Gasteiger partial charge in [0.25, 0.3) is 0 Å². The summed E-state index contributed by atoms with van der Waals surface area (Å²) in [5, 5.41) is 1.95. The summed E-state index contributed by atoms with van der Waals surface area (Å²) in [5.74, 6) is 0.942. The van der Waals surface area contributed by atoms with Crippen molar-refractivity contribution in [2.75, 3.05) is 6.61 Å². The first-order chi connectivity index (χ1) is 8.77. The molecule has 0 radical (unpaired) electrons. The average Bonchev–Trinajstić information content (AvgIpc) is 2.90. The monoisotopic (exact) mass is 266 g/mol. The molecule has 2 rings (SSSR count). The molecule has 1 saturated carbocycles. The first kappa shape index (κ1) is 13.8. The molecule has 1 aliphatic rings. The number of carbonyl (C=O) groups is 1. The number of hydrogen-bond donors (Lipinski definition) is 0. The van der Waals surface area contributed by atoms with Crippen LogP contribution in [0, 0.1) is 5.92 Å². The number of thiophene rings is 1. The molecular weight excluding hydrogens is 244 g/mol. The summed E-state index contributed by atoms with van der Waals surface area (Å²) in [6.45, 7) is 3.01. The molecule has 0 bridgehead atoms. The van der Waals surface area contributed by atoms with Crippen molar-refractivity contribution < 1.29 is 9.53 Å². The highest BCUT2D eigenvalue weighted by Crippen LogP contribution is 2.26. The van der Waals surface area contributed by atoms with E-state index in [0.717, 1.165) is 17.9 Å². The quantitative estimate of drug-likeness (QED) is 0.566. The largest absolute Gasteiger partial charge is 0.378 e. The molecule has 2 nitrogen and oxygen atoms in total. The second kappa shape index (κ2) is 7.05. The van der Waals surface area contributed by atoms with Gasteiger partial charge in [-0.2, -0.15) is 0 Å². The van der Waals surface area contributed by atoms with Gasteiger partial charge in [-0.25, -0.2) is 0 Å². The predicted octanol–water partition coefficient (Wildman–Crippen LogP) is 4.31. The van der Waals surface area contributed by atoms with E-state index in [1.165, 1.54) is 37.0 Å². The Bertz CT molecular complexity index is 359. The summed E-state index contributed by atoms with van der Waals surface area (Å²) < 4.78 is 5.91. The zero-order chi connectivity index (χ0) is 12.8. The van der Waals surface area contributed by atoms with Crippen LogP contribution in [0.3, 0.4) is 0 Å². The average molecular weight is 266 g/mol. The van der Waals surface area contributed by atoms with Gasteiger partial charge in [0.15, 0.2) is 5.78 Å². The van der Waals surface area contributed by atoms with Gasteiger partial charge in [0.05, 0.1) is 11.0 Å². The second-order valence-electron chi connectivity index (χ2n) is 5.18. The van der Waals surface area contributed by atoms with Crippen LogP contribution in [0.2, 0.25) is 0 Å². The summed E-state index contributed by atoms with van der Waals surface area (Å²) in [6.07, 6.45) is 7.01. The molecule has 18 heavy (non-hydrogen) atoms. The minimum Gasteiger partial charge on any atom is -0.378 e. The minimum atomic E-state index is 0.255. The lowest BCUT2D eigenvalue weighted by molar-refractivity contribution is -0.00610. The van der Waals surface area contributed by atoms with Crippen molar-refractivity contribution in [1.82, 2.24) is 0 Å². The normalized spacial score (nSPS) is 24.1. The molecule has 1 heterocycles. The minimum absolute atomic E-state index is 0.255. The molecule has 1 aliphatic carbocycles. The predicted molar refractivity (Wildman–Crippen MR) is 75.3 cm³/mol. The van der Waals surface area contributed by atoms with Crippen molar-refractivity contribution >= 4 is 17.1 Å².